The summed E-state index contributed by atoms with van der Waals surface area (Å²) in [6.45, 7) is 0. The molecule has 166 valence electrons. The van der Waals surface area contributed by atoms with Gasteiger partial charge < -0.3 is 14.9 Å². The highest BCUT2D eigenvalue weighted by Crippen LogP contribution is 2.34. The molecule has 1 aliphatic rings. The lowest BCUT2D eigenvalue weighted by Crippen LogP contribution is -2.38. The average molecular weight is 490 g/mol. The van der Waals surface area contributed by atoms with Gasteiger partial charge in [-0.05, 0) is 49.3 Å². The predicted octanol–water partition coefficient (Wildman–Crippen LogP) is 5.86. The summed E-state index contributed by atoms with van der Waals surface area (Å²) in [6.07, 6.45) is -0.366. The molecule has 2 N–H and O–H groups in total. The fraction of sp³-hybridized carbons (Fsp3) is 0.250. The number of carbonyl (C=O) groups is 3. The minimum absolute atomic E-state index is 0.0202. The van der Waals surface area contributed by atoms with Crippen LogP contribution in [0.15, 0.2) is 40.8 Å². The van der Waals surface area contributed by atoms with Crippen LogP contribution in [0.1, 0.15) is 25.7 Å². The van der Waals surface area contributed by atoms with Crippen LogP contribution in [-0.2, 0) is 9.59 Å². The first-order valence-corrected chi connectivity index (χ1v) is 10.6. The van der Waals surface area contributed by atoms with Crippen LogP contribution >= 0.6 is 34.5 Å². The highest BCUT2D eigenvalue weighted by atomic mass is 35.5. The van der Waals surface area contributed by atoms with Crippen molar-refractivity contribution in [3.8, 4) is 5.75 Å². The van der Waals surface area contributed by atoms with Crippen molar-refractivity contribution >= 4 is 58.2 Å². The quantitative estimate of drug-likeness (QED) is 0.557. The smallest absolute Gasteiger partial charge is 0.419 e. The second-order valence-electron chi connectivity index (χ2n) is 6.25. The van der Waals surface area contributed by atoms with Crippen LogP contribution in [0.25, 0.3) is 0 Å². The van der Waals surface area contributed by atoms with Gasteiger partial charge in [0.25, 0.3) is 5.91 Å². The Morgan fingerprint density at radius 3 is 2.23 bits per heavy atom. The number of hydrogen-bond donors (Lipinski definition) is 2. The Bertz CT molecular complexity index is 1010. The van der Waals surface area contributed by atoms with E-state index in [-0.39, 0.29) is 39.7 Å². The Hall–Kier alpha value is -2.62. The highest BCUT2D eigenvalue weighted by molar-refractivity contribution is 7.14. The Balaban J connectivity index is 0.000000488. The highest BCUT2D eigenvalue weighted by Gasteiger charge is 2.33. The van der Waals surface area contributed by atoms with Crippen molar-refractivity contribution in [2.75, 3.05) is 12.0 Å². The predicted molar refractivity (Wildman–Crippen MR) is 116 cm³/mol. The van der Waals surface area contributed by atoms with E-state index in [1.165, 1.54) is 7.11 Å². The summed E-state index contributed by atoms with van der Waals surface area (Å²) in [5.41, 5.74) is -0.875. The fourth-order valence-electron chi connectivity index (χ4n) is 2.92. The van der Waals surface area contributed by atoms with Crippen LogP contribution in [-0.4, -0.2) is 35.3 Å². The number of benzene rings is 1. The monoisotopic (exact) mass is 489 g/mol. The van der Waals surface area contributed by atoms with Crippen molar-refractivity contribution in [3.63, 3.8) is 0 Å². The molecule has 2 aromatic rings. The number of rotatable bonds is 4. The molecule has 0 saturated carbocycles. The molecule has 0 fully saturated rings. The third-order valence-corrected chi connectivity index (χ3v) is 5.67. The largest absolute Gasteiger partial charge is 0.495 e. The van der Waals surface area contributed by atoms with Crippen molar-refractivity contribution in [2.45, 2.75) is 25.7 Å². The number of halogens is 3. The normalized spacial score (nSPS) is 13.2. The molecule has 1 heterocycles. The molecule has 1 aromatic heterocycles. The molecule has 1 aromatic carbocycles. The fourth-order valence-corrected chi connectivity index (χ4v) is 3.82. The number of amides is 2. The first kappa shape index (κ1) is 24.6. The van der Waals surface area contributed by atoms with Crippen LogP contribution < -0.4 is 9.64 Å². The zero-order valence-corrected chi connectivity index (χ0v) is 18.6. The van der Waals surface area contributed by atoms with Gasteiger partial charge in [0.2, 0.25) is 0 Å². The van der Waals surface area contributed by atoms with E-state index in [1.807, 2.05) is 17.5 Å². The van der Waals surface area contributed by atoms with Gasteiger partial charge >= 0.3 is 12.1 Å². The van der Waals surface area contributed by atoms with E-state index < -0.39 is 29.5 Å². The summed E-state index contributed by atoms with van der Waals surface area (Å²) in [4.78, 5) is 35.8. The Morgan fingerprint density at radius 1 is 1.13 bits per heavy atom. The number of carboxylic acids is 1. The summed E-state index contributed by atoms with van der Waals surface area (Å²) in [5.74, 6) is -3.45. The van der Waals surface area contributed by atoms with Gasteiger partial charge in [-0.2, -0.15) is 0 Å². The van der Waals surface area contributed by atoms with Gasteiger partial charge in [-0.15, -0.1) is 11.3 Å². The van der Waals surface area contributed by atoms with Gasteiger partial charge in [-0.1, -0.05) is 23.2 Å². The molecular formula is C20H18Cl2FNO6S. The average Bonchev–Trinajstić information content (AvgIpc) is 3.20. The number of carboxylic acid groups (broad SMARTS) is 2. The first-order chi connectivity index (χ1) is 14.7. The van der Waals surface area contributed by atoms with E-state index in [2.05, 4.69) is 0 Å². The summed E-state index contributed by atoms with van der Waals surface area (Å²) in [6, 6.07) is 5.60. The topological polar surface area (TPSA) is 104 Å². The van der Waals surface area contributed by atoms with E-state index in [1.54, 1.807) is 11.3 Å². The molecule has 0 spiro atoms. The molecule has 7 nitrogen and oxygen atoms in total. The van der Waals surface area contributed by atoms with Crippen molar-refractivity contribution < 1.29 is 33.7 Å². The zero-order valence-electron chi connectivity index (χ0n) is 16.2. The SMILES string of the molecule is COc1cc(N(C(=O)O)C(=O)C2=C(C(=O)O)CCCC2)c(F)cc1Cl.Clc1cccs1. The lowest BCUT2D eigenvalue weighted by Gasteiger charge is -2.23. The van der Waals surface area contributed by atoms with Crippen molar-refractivity contribution in [1.82, 2.24) is 0 Å². The Labute approximate surface area is 191 Å². The molecule has 0 radical (unpaired) electrons. The first-order valence-electron chi connectivity index (χ1n) is 8.92. The van der Waals surface area contributed by atoms with E-state index in [9.17, 15) is 29.0 Å². The van der Waals surface area contributed by atoms with Crippen molar-refractivity contribution in [1.29, 1.82) is 0 Å². The minimum atomic E-state index is -1.74. The van der Waals surface area contributed by atoms with Gasteiger partial charge in [0.1, 0.15) is 11.6 Å². The van der Waals surface area contributed by atoms with Gasteiger partial charge in [-0.3, -0.25) is 4.79 Å². The van der Waals surface area contributed by atoms with Crippen LogP contribution in [0.2, 0.25) is 9.36 Å². The third kappa shape index (κ3) is 6.19. The molecule has 0 unspecified atom stereocenters. The summed E-state index contributed by atoms with van der Waals surface area (Å²) in [7, 11) is 1.25. The lowest BCUT2D eigenvalue weighted by atomic mass is 9.90. The molecule has 2 amide bonds. The number of methoxy groups -OCH3 is 1. The minimum Gasteiger partial charge on any atom is -0.495 e. The number of aliphatic carboxylic acids is 1. The molecule has 0 saturated heterocycles. The molecule has 11 heteroatoms. The summed E-state index contributed by atoms with van der Waals surface area (Å²) < 4.78 is 20.0. The third-order valence-electron chi connectivity index (χ3n) is 4.33. The number of hydrogen-bond acceptors (Lipinski definition) is 5. The number of anilines is 1. The molecule has 0 atom stereocenters. The van der Waals surface area contributed by atoms with Crippen LogP contribution in [0.4, 0.5) is 14.9 Å². The van der Waals surface area contributed by atoms with E-state index in [0.29, 0.717) is 12.8 Å². The summed E-state index contributed by atoms with van der Waals surface area (Å²) >= 11 is 12.8. The number of carbonyl (C=O) groups excluding carboxylic acids is 1. The number of imide groups is 1. The summed E-state index contributed by atoms with van der Waals surface area (Å²) in [5, 5.41) is 20.5. The van der Waals surface area contributed by atoms with E-state index >= 15 is 0 Å². The van der Waals surface area contributed by atoms with E-state index in [0.717, 1.165) is 16.5 Å². The van der Waals surface area contributed by atoms with Crippen LogP contribution in [0, 0.1) is 5.82 Å². The van der Waals surface area contributed by atoms with Gasteiger partial charge in [0, 0.05) is 17.2 Å². The van der Waals surface area contributed by atoms with Gasteiger partial charge in [-0.25, -0.2) is 18.9 Å². The van der Waals surface area contributed by atoms with Crippen LogP contribution in [0.5, 0.6) is 5.75 Å². The standard InChI is InChI=1S/C16H15ClFNO6.C4H3ClS/c1-25-13-7-12(11(18)6-10(13)17)19(16(23)24)14(20)8-4-2-3-5-9(8)15(21)22;5-4-2-1-3-6-4/h6-7H,2-5H2,1H3,(H,21,22)(H,23,24);1-3H. The zero-order chi connectivity index (χ0) is 23.1. The molecule has 0 bridgehead atoms. The molecule has 31 heavy (non-hydrogen) atoms. The number of thiophene rings is 1. The molecule has 3 rings (SSSR count). The Morgan fingerprint density at radius 2 is 1.77 bits per heavy atom. The van der Waals surface area contributed by atoms with Crippen molar-refractivity contribution in [3.05, 3.63) is 56.0 Å². The van der Waals surface area contributed by atoms with E-state index in [4.69, 9.17) is 27.9 Å². The maximum atomic E-state index is 14.2. The second kappa shape index (κ2) is 11.1. The van der Waals surface area contributed by atoms with Gasteiger partial charge in [0.15, 0.2) is 0 Å². The molecular weight excluding hydrogens is 472 g/mol. The second-order valence-corrected chi connectivity index (χ2v) is 8.23. The maximum absolute atomic E-state index is 14.2. The maximum Gasteiger partial charge on any atom is 0.419 e. The molecule has 1 aliphatic carbocycles. The lowest BCUT2D eigenvalue weighted by molar-refractivity contribution is -0.133. The number of ether oxygens (including phenoxy) is 1. The Kier molecular flexibility index (Phi) is 8.85. The van der Waals surface area contributed by atoms with Gasteiger partial charge in [0.05, 0.1) is 22.2 Å². The van der Waals surface area contributed by atoms with Crippen LogP contribution in [0.3, 0.4) is 0 Å². The number of nitrogens with zero attached hydrogens (tertiary/aromatic N) is 1. The van der Waals surface area contributed by atoms with Crippen molar-refractivity contribution in [2.24, 2.45) is 0 Å². The molecule has 0 aliphatic heterocycles.